The SMILES string of the molecule is CC(CO)N(C)Cc1cc(Br)ccc1OC(F)F. The molecule has 1 N–H and O–H groups in total. The van der Waals surface area contributed by atoms with Gasteiger partial charge in [0.1, 0.15) is 5.75 Å². The molecule has 0 bridgehead atoms. The normalized spacial score (nSPS) is 13.1. The lowest BCUT2D eigenvalue weighted by Gasteiger charge is -2.24. The Morgan fingerprint density at radius 3 is 2.67 bits per heavy atom. The zero-order valence-corrected chi connectivity index (χ0v) is 11.8. The molecule has 1 atom stereocenters. The highest BCUT2D eigenvalue weighted by molar-refractivity contribution is 9.10. The molecule has 0 spiro atoms. The fourth-order valence-corrected chi connectivity index (χ4v) is 1.85. The van der Waals surface area contributed by atoms with Crippen LogP contribution in [0.3, 0.4) is 0 Å². The molecule has 0 amide bonds. The molecule has 1 unspecified atom stereocenters. The molecule has 0 aliphatic heterocycles. The quantitative estimate of drug-likeness (QED) is 0.873. The number of halogens is 3. The average molecular weight is 324 g/mol. The van der Waals surface area contributed by atoms with Crippen LogP contribution in [0.4, 0.5) is 8.78 Å². The fourth-order valence-electron chi connectivity index (χ4n) is 1.45. The number of hydrogen-bond donors (Lipinski definition) is 1. The Balaban J connectivity index is 2.88. The third kappa shape index (κ3) is 4.51. The third-order valence-electron chi connectivity index (χ3n) is 2.68. The minimum atomic E-state index is -2.84. The molecule has 0 saturated heterocycles. The summed E-state index contributed by atoms with van der Waals surface area (Å²) < 4.78 is 29.8. The molecule has 0 fully saturated rings. The molecule has 102 valence electrons. The van der Waals surface area contributed by atoms with Crippen molar-refractivity contribution in [3.05, 3.63) is 28.2 Å². The lowest BCUT2D eigenvalue weighted by Crippen LogP contribution is -2.31. The summed E-state index contributed by atoms with van der Waals surface area (Å²) in [7, 11) is 1.81. The molecule has 3 nitrogen and oxygen atoms in total. The van der Waals surface area contributed by atoms with Crippen molar-refractivity contribution in [2.45, 2.75) is 26.1 Å². The second-order valence-corrected chi connectivity index (χ2v) is 4.99. The van der Waals surface area contributed by atoms with Crippen LogP contribution in [-0.4, -0.2) is 36.3 Å². The maximum Gasteiger partial charge on any atom is 0.387 e. The van der Waals surface area contributed by atoms with Crippen LogP contribution in [0.2, 0.25) is 0 Å². The van der Waals surface area contributed by atoms with Crippen LogP contribution in [0.15, 0.2) is 22.7 Å². The van der Waals surface area contributed by atoms with E-state index in [1.54, 1.807) is 12.1 Å². The van der Waals surface area contributed by atoms with Crippen molar-refractivity contribution in [1.82, 2.24) is 4.90 Å². The molecule has 0 radical (unpaired) electrons. The number of aliphatic hydroxyl groups excluding tert-OH is 1. The first-order chi connectivity index (χ1) is 8.43. The number of ether oxygens (including phenoxy) is 1. The van der Waals surface area contributed by atoms with Gasteiger partial charge in [0.25, 0.3) is 0 Å². The summed E-state index contributed by atoms with van der Waals surface area (Å²) in [4.78, 5) is 1.86. The van der Waals surface area contributed by atoms with Gasteiger partial charge >= 0.3 is 6.61 Å². The summed E-state index contributed by atoms with van der Waals surface area (Å²) in [5.74, 6) is 0.158. The van der Waals surface area contributed by atoms with Gasteiger partial charge in [0.15, 0.2) is 0 Å². The molecule has 0 aromatic heterocycles. The monoisotopic (exact) mass is 323 g/mol. The summed E-state index contributed by atoms with van der Waals surface area (Å²) in [6, 6.07) is 4.83. The maximum atomic E-state index is 12.3. The number of aliphatic hydroxyl groups is 1. The van der Waals surface area contributed by atoms with Crippen LogP contribution < -0.4 is 4.74 Å². The van der Waals surface area contributed by atoms with Crippen LogP contribution in [0.5, 0.6) is 5.75 Å². The van der Waals surface area contributed by atoms with Gasteiger partial charge in [-0.05, 0) is 32.2 Å². The third-order valence-corrected chi connectivity index (χ3v) is 3.17. The van der Waals surface area contributed by atoms with Crippen molar-refractivity contribution in [3.8, 4) is 5.75 Å². The van der Waals surface area contributed by atoms with Gasteiger partial charge in [-0.25, -0.2) is 0 Å². The molecule has 0 saturated carbocycles. The Morgan fingerprint density at radius 2 is 2.11 bits per heavy atom. The molecule has 18 heavy (non-hydrogen) atoms. The predicted molar refractivity (Wildman–Crippen MR) is 68.8 cm³/mol. The Morgan fingerprint density at radius 1 is 1.44 bits per heavy atom. The van der Waals surface area contributed by atoms with Crippen molar-refractivity contribution >= 4 is 15.9 Å². The number of benzene rings is 1. The van der Waals surface area contributed by atoms with Gasteiger partial charge in [-0.3, -0.25) is 4.90 Å². The maximum absolute atomic E-state index is 12.3. The fraction of sp³-hybridized carbons (Fsp3) is 0.500. The zero-order valence-electron chi connectivity index (χ0n) is 10.2. The van der Waals surface area contributed by atoms with Gasteiger partial charge in [-0.2, -0.15) is 8.78 Å². The summed E-state index contributed by atoms with van der Waals surface area (Å²) in [5.41, 5.74) is 0.646. The molecule has 0 aliphatic carbocycles. The van der Waals surface area contributed by atoms with E-state index in [2.05, 4.69) is 20.7 Å². The van der Waals surface area contributed by atoms with Crippen molar-refractivity contribution < 1.29 is 18.6 Å². The Hall–Kier alpha value is -0.720. The lowest BCUT2D eigenvalue weighted by molar-refractivity contribution is -0.0508. The molecule has 0 heterocycles. The van der Waals surface area contributed by atoms with Gasteiger partial charge in [0.05, 0.1) is 6.61 Å². The first kappa shape index (κ1) is 15.3. The molecule has 6 heteroatoms. The largest absolute Gasteiger partial charge is 0.434 e. The van der Waals surface area contributed by atoms with Gasteiger partial charge < -0.3 is 9.84 Å². The summed E-state index contributed by atoms with van der Waals surface area (Å²) in [6.07, 6.45) is 0. The molecule has 0 aliphatic rings. The molecule has 1 aromatic rings. The van der Waals surface area contributed by atoms with E-state index < -0.39 is 6.61 Å². The highest BCUT2D eigenvalue weighted by Gasteiger charge is 2.14. The highest BCUT2D eigenvalue weighted by atomic mass is 79.9. The Labute approximate surface area is 113 Å². The van der Waals surface area contributed by atoms with Crippen molar-refractivity contribution in [2.75, 3.05) is 13.7 Å². The first-order valence-corrected chi connectivity index (χ1v) is 6.27. The smallest absolute Gasteiger partial charge is 0.387 e. The summed E-state index contributed by atoms with van der Waals surface area (Å²) in [5, 5.41) is 9.05. The van der Waals surface area contributed by atoms with E-state index in [0.717, 1.165) is 4.47 Å². The van der Waals surface area contributed by atoms with E-state index in [1.165, 1.54) is 6.07 Å². The minimum absolute atomic E-state index is 0.00947. The summed E-state index contributed by atoms with van der Waals surface area (Å²) in [6.45, 7) is -0.560. The van der Waals surface area contributed by atoms with Gasteiger partial charge in [0.2, 0.25) is 0 Å². The summed E-state index contributed by atoms with van der Waals surface area (Å²) >= 11 is 3.30. The standard InChI is InChI=1S/C12H16BrF2NO2/c1-8(7-17)16(2)6-9-5-10(13)3-4-11(9)18-12(14)15/h3-5,8,12,17H,6-7H2,1-2H3. The lowest BCUT2D eigenvalue weighted by atomic mass is 10.1. The van der Waals surface area contributed by atoms with Crippen molar-refractivity contribution in [3.63, 3.8) is 0 Å². The Kier molecular flexibility index (Phi) is 5.98. The number of hydrogen-bond acceptors (Lipinski definition) is 3. The number of rotatable bonds is 6. The molecule has 1 rings (SSSR count). The number of likely N-dealkylation sites (N-methyl/N-ethyl adjacent to an activating group) is 1. The van der Waals surface area contributed by atoms with E-state index >= 15 is 0 Å². The van der Waals surface area contributed by atoms with Crippen molar-refractivity contribution in [2.24, 2.45) is 0 Å². The molecular formula is C12H16BrF2NO2. The minimum Gasteiger partial charge on any atom is -0.434 e. The van der Waals surface area contributed by atoms with Crippen LogP contribution in [0.1, 0.15) is 12.5 Å². The van der Waals surface area contributed by atoms with Crippen LogP contribution in [0, 0.1) is 0 Å². The Bertz CT molecular complexity index is 390. The van der Waals surface area contributed by atoms with E-state index in [1.807, 2.05) is 18.9 Å². The van der Waals surface area contributed by atoms with E-state index in [-0.39, 0.29) is 18.4 Å². The predicted octanol–water partition coefficient (Wildman–Crippen LogP) is 2.86. The van der Waals surface area contributed by atoms with Crippen LogP contribution in [0.25, 0.3) is 0 Å². The topological polar surface area (TPSA) is 32.7 Å². The van der Waals surface area contributed by atoms with Crippen molar-refractivity contribution in [1.29, 1.82) is 0 Å². The average Bonchev–Trinajstić information content (AvgIpc) is 2.31. The van der Waals surface area contributed by atoms with Gasteiger partial charge in [-0.15, -0.1) is 0 Å². The van der Waals surface area contributed by atoms with E-state index in [4.69, 9.17) is 5.11 Å². The second-order valence-electron chi connectivity index (χ2n) is 4.08. The highest BCUT2D eigenvalue weighted by Crippen LogP contribution is 2.26. The zero-order chi connectivity index (χ0) is 13.7. The molecule has 1 aromatic carbocycles. The van der Waals surface area contributed by atoms with Gasteiger partial charge in [0, 0.05) is 22.6 Å². The van der Waals surface area contributed by atoms with Gasteiger partial charge in [-0.1, -0.05) is 15.9 Å². The second kappa shape index (κ2) is 7.01. The van der Waals surface area contributed by atoms with E-state index in [0.29, 0.717) is 12.1 Å². The van der Waals surface area contributed by atoms with Crippen LogP contribution in [-0.2, 0) is 6.54 Å². The molecular weight excluding hydrogens is 308 g/mol. The van der Waals surface area contributed by atoms with E-state index in [9.17, 15) is 8.78 Å². The van der Waals surface area contributed by atoms with Crippen LogP contribution >= 0.6 is 15.9 Å². The number of alkyl halides is 2. The number of nitrogens with zero attached hydrogens (tertiary/aromatic N) is 1. The first-order valence-electron chi connectivity index (χ1n) is 5.48.